The van der Waals surface area contributed by atoms with Crippen molar-refractivity contribution in [2.75, 3.05) is 26.1 Å². The standard InChI is InChI=1S/C15H18N2O4S/c1-20-12-6-5-10(8-13(12)21-2)17-15(19)16-9-11(18)14-4-3-7-22-14/h3-8,11,18H,9H2,1-2H3,(H2,16,17,19). The van der Waals surface area contributed by atoms with Crippen molar-refractivity contribution >= 4 is 23.1 Å². The quantitative estimate of drug-likeness (QED) is 0.764. The smallest absolute Gasteiger partial charge is 0.319 e. The highest BCUT2D eigenvalue weighted by Gasteiger charge is 2.11. The molecular weight excluding hydrogens is 304 g/mol. The molecule has 0 aliphatic rings. The maximum atomic E-state index is 11.8. The van der Waals surface area contributed by atoms with Gasteiger partial charge < -0.3 is 25.2 Å². The second-order valence-corrected chi connectivity index (χ2v) is 5.42. The zero-order valence-corrected chi connectivity index (χ0v) is 13.1. The van der Waals surface area contributed by atoms with Gasteiger partial charge in [-0.25, -0.2) is 4.79 Å². The second kappa shape index (κ2) is 7.67. The number of nitrogens with one attached hydrogen (secondary N) is 2. The summed E-state index contributed by atoms with van der Waals surface area (Å²) < 4.78 is 10.3. The Labute approximate surface area is 132 Å². The molecule has 0 aliphatic carbocycles. The Morgan fingerprint density at radius 3 is 2.68 bits per heavy atom. The molecule has 1 aromatic heterocycles. The number of ether oxygens (including phenoxy) is 2. The van der Waals surface area contributed by atoms with Gasteiger partial charge in [0.25, 0.3) is 0 Å². The maximum Gasteiger partial charge on any atom is 0.319 e. The zero-order chi connectivity index (χ0) is 15.9. The molecular formula is C15H18N2O4S. The van der Waals surface area contributed by atoms with E-state index < -0.39 is 12.1 Å². The number of rotatable bonds is 6. The van der Waals surface area contributed by atoms with Crippen molar-refractivity contribution in [3.8, 4) is 11.5 Å². The van der Waals surface area contributed by atoms with E-state index in [9.17, 15) is 9.90 Å². The van der Waals surface area contributed by atoms with E-state index in [0.717, 1.165) is 4.88 Å². The predicted octanol–water partition coefficient (Wildman–Crippen LogP) is 2.62. The number of benzene rings is 1. The van der Waals surface area contributed by atoms with Gasteiger partial charge in [0.05, 0.1) is 20.8 Å². The van der Waals surface area contributed by atoms with Crippen molar-refractivity contribution < 1.29 is 19.4 Å². The zero-order valence-electron chi connectivity index (χ0n) is 12.3. The number of aliphatic hydroxyl groups excluding tert-OH is 1. The van der Waals surface area contributed by atoms with Gasteiger partial charge in [-0.3, -0.25) is 0 Å². The number of hydrogen-bond donors (Lipinski definition) is 3. The summed E-state index contributed by atoms with van der Waals surface area (Å²) in [5.41, 5.74) is 0.570. The van der Waals surface area contributed by atoms with Crippen LogP contribution in [-0.4, -0.2) is 31.9 Å². The minimum absolute atomic E-state index is 0.139. The normalized spacial score (nSPS) is 11.6. The summed E-state index contributed by atoms with van der Waals surface area (Å²) in [5, 5.41) is 17.1. The SMILES string of the molecule is COc1ccc(NC(=O)NCC(O)c2cccs2)cc1OC. The molecule has 0 fully saturated rings. The topological polar surface area (TPSA) is 79.8 Å². The molecule has 0 saturated heterocycles. The monoisotopic (exact) mass is 322 g/mol. The van der Waals surface area contributed by atoms with Gasteiger partial charge in [-0.1, -0.05) is 6.07 Å². The lowest BCUT2D eigenvalue weighted by molar-refractivity contribution is 0.178. The highest BCUT2D eigenvalue weighted by Crippen LogP contribution is 2.29. The largest absolute Gasteiger partial charge is 0.493 e. The van der Waals surface area contributed by atoms with Crippen molar-refractivity contribution in [1.82, 2.24) is 5.32 Å². The van der Waals surface area contributed by atoms with E-state index >= 15 is 0 Å². The molecule has 118 valence electrons. The van der Waals surface area contributed by atoms with Gasteiger partial charge in [-0.05, 0) is 23.6 Å². The molecule has 1 aromatic carbocycles. The third-order valence-electron chi connectivity index (χ3n) is 2.97. The van der Waals surface area contributed by atoms with Crippen LogP contribution in [0.4, 0.5) is 10.5 Å². The van der Waals surface area contributed by atoms with Gasteiger partial charge in [0.2, 0.25) is 0 Å². The average molecular weight is 322 g/mol. The third-order valence-corrected chi connectivity index (χ3v) is 3.94. The summed E-state index contributed by atoms with van der Waals surface area (Å²) in [5.74, 6) is 1.11. The van der Waals surface area contributed by atoms with E-state index in [-0.39, 0.29) is 6.54 Å². The van der Waals surface area contributed by atoms with Crippen LogP contribution in [0.15, 0.2) is 35.7 Å². The van der Waals surface area contributed by atoms with Crippen molar-refractivity contribution in [1.29, 1.82) is 0 Å². The number of carbonyl (C=O) groups excluding carboxylic acids is 1. The lowest BCUT2D eigenvalue weighted by Gasteiger charge is -2.13. The van der Waals surface area contributed by atoms with E-state index in [4.69, 9.17) is 9.47 Å². The molecule has 0 spiro atoms. The fourth-order valence-electron chi connectivity index (χ4n) is 1.86. The molecule has 1 heterocycles. The predicted molar refractivity (Wildman–Crippen MR) is 85.8 cm³/mol. The summed E-state index contributed by atoms with van der Waals surface area (Å²) in [4.78, 5) is 12.7. The summed E-state index contributed by atoms with van der Waals surface area (Å²) in [6.45, 7) is 0.139. The van der Waals surface area contributed by atoms with E-state index in [1.165, 1.54) is 18.4 Å². The molecule has 7 heteroatoms. The number of urea groups is 1. The average Bonchev–Trinajstić information content (AvgIpc) is 3.07. The number of hydrogen-bond acceptors (Lipinski definition) is 5. The fraction of sp³-hybridized carbons (Fsp3) is 0.267. The van der Waals surface area contributed by atoms with Crippen molar-refractivity contribution in [3.63, 3.8) is 0 Å². The van der Waals surface area contributed by atoms with Gasteiger partial charge in [-0.15, -0.1) is 11.3 Å². The van der Waals surface area contributed by atoms with Crippen LogP contribution in [0.1, 0.15) is 11.0 Å². The number of anilines is 1. The van der Waals surface area contributed by atoms with Gasteiger partial charge >= 0.3 is 6.03 Å². The Hall–Kier alpha value is -2.25. The summed E-state index contributed by atoms with van der Waals surface area (Å²) in [7, 11) is 3.07. The van der Waals surface area contributed by atoms with Crippen LogP contribution in [0, 0.1) is 0 Å². The van der Waals surface area contributed by atoms with Gasteiger partial charge in [-0.2, -0.15) is 0 Å². The van der Waals surface area contributed by atoms with Crippen molar-refractivity contribution in [2.24, 2.45) is 0 Å². The first kappa shape index (κ1) is 16.1. The van der Waals surface area contributed by atoms with Crippen LogP contribution in [0.25, 0.3) is 0 Å². The van der Waals surface area contributed by atoms with Gasteiger partial charge in [0.1, 0.15) is 6.10 Å². The Bertz CT molecular complexity index is 616. The first-order valence-corrected chi connectivity index (χ1v) is 7.50. The highest BCUT2D eigenvalue weighted by atomic mass is 32.1. The van der Waals surface area contributed by atoms with E-state index in [1.54, 1.807) is 25.3 Å². The molecule has 6 nitrogen and oxygen atoms in total. The summed E-state index contributed by atoms with van der Waals surface area (Å²) in [6.07, 6.45) is -0.712. The van der Waals surface area contributed by atoms with E-state index in [0.29, 0.717) is 17.2 Å². The highest BCUT2D eigenvalue weighted by molar-refractivity contribution is 7.10. The lowest BCUT2D eigenvalue weighted by Crippen LogP contribution is -2.32. The minimum Gasteiger partial charge on any atom is -0.493 e. The molecule has 2 rings (SSSR count). The number of methoxy groups -OCH3 is 2. The molecule has 0 radical (unpaired) electrons. The number of carbonyl (C=O) groups is 1. The van der Waals surface area contributed by atoms with Crippen LogP contribution in [0.3, 0.4) is 0 Å². The molecule has 22 heavy (non-hydrogen) atoms. The Kier molecular flexibility index (Phi) is 5.62. The maximum absolute atomic E-state index is 11.8. The molecule has 1 atom stereocenters. The van der Waals surface area contributed by atoms with E-state index in [1.807, 2.05) is 17.5 Å². The Morgan fingerprint density at radius 1 is 1.27 bits per heavy atom. The van der Waals surface area contributed by atoms with Crippen LogP contribution < -0.4 is 20.1 Å². The Balaban J connectivity index is 1.89. The first-order chi connectivity index (χ1) is 10.6. The lowest BCUT2D eigenvalue weighted by atomic mass is 10.2. The number of amides is 2. The number of aliphatic hydroxyl groups is 1. The summed E-state index contributed by atoms with van der Waals surface area (Å²) in [6, 6.07) is 8.35. The number of thiophene rings is 1. The molecule has 0 saturated carbocycles. The minimum atomic E-state index is -0.712. The van der Waals surface area contributed by atoms with Gasteiger partial charge in [0.15, 0.2) is 11.5 Å². The van der Waals surface area contributed by atoms with Gasteiger partial charge in [0, 0.05) is 16.6 Å². The van der Waals surface area contributed by atoms with Crippen LogP contribution in [0.2, 0.25) is 0 Å². The molecule has 0 aliphatic heterocycles. The second-order valence-electron chi connectivity index (χ2n) is 4.44. The molecule has 2 amide bonds. The third kappa shape index (κ3) is 4.12. The van der Waals surface area contributed by atoms with Crippen LogP contribution in [0.5, 0.6) is 11.5 Å². The van der Waals surface area contributed by atoms with Crippen molar-refractivity contribution in [2.45, 2.75) is 6.10 Å². The molecule has 0 bridgehead atoms. The summed E-state index contributed by atoms with van der Waals surface area (Å²) >= 11 is 1.44. The van der Waals surface area contributed by atoms with Crippen LogP contribution >= 0.6 is 11.3 Å². The molecule has 1 unspecified atom stereocenters. The first-order valence-electron chi connectivity index (χ1n) is 6.62. The Morgan fingerprint density at radius 2 is 2.05 bits per heavy atom. The fourth-order valence-corrected chi connectivity index (χ4v) is 2.57. The van der Waals surface area contributed by atoms with Crippen molar-refractivity contribution in [3.05, 3.63) is 40.6 Å². The van der Waals surface area contributed by atoms with E-state index in [2.05, 4.69) is 10.6 Å². The molecule has 2 aromatic rings. The van der Waals surface area contributed by atoms with Crippen LogP contribution in [-0.2, 0) is 0 Å². The molecule has 3 N–H and O–H groups in total.